The van der Waals surface area contributed by atoms with E-state index in [2.05, 4.69) is 5.10 Å². The van der Waals surface area contributed by atoms with Gasteiger partial charge in [-0.25, -0.2) is 8.42 Å². The zero-order chi connectivity index (χ0) is 21.8. The molecule has 0 atom stereocenters. The van der Waals surface area contributed by atoms with Gasteiger partial charge >= 0.3 is 0 Å². The van der Waals surface area contributed by atoms with Gasteiger partial charge in [-0.3, -0.25) is 4.68 Å². The molecular formula is C23H27N3O4S. The second kappa shape index (κ2) is 9.11. The molecule has 164 valence electrons. The fourth-order valence-corrected chi connectivity index (χ4v) is 4.72. The van der Waals surface area contributed by atoms with Crippen molar-refractivity contribution in [3.8, 4) is 11.5 Å². The molecule has 0 bridgehead atoms. The normalized spacial score (nSPS) is 14.0. The van der Waals surface area contributed by atoms with Crippen molar-refractivity contribution in [3.63, 3.8) is 0 Å². The third-order valence-corrected chi connectivity index (χ3v) is 7.08. The summed E-state index contributed by atoms with van der Waals surface area (Å²) in [6.07, 6.45) is 4.12. The predicted molar refractivity (Wildman–Crippen MR) is 117 cm³/mol. The molecule has 0 spiro atoms. The van der Waals surface area contributed by atoms with Crippen LogP contribution in [-0.4, -0.2) is 36.7 Å². The van der Waals surface area contributed by atoms with Gasteiger partial charge in [0.25, 0.3) is 10.0 Å². The second-order valence-corrected chi connectivity index (χ2v) is 9.67. The molecule has 1 saturated carbocycles. The van der Waals surface area contributed by atoms with Crippen molar-refractivity contribution in [2.75, 3.05) is 14.2 Å². The Kier molecular flexibility index (Phi) is 6.29. The lowest BCUT2D eigenvalue weighted by Gasteiger charge is -2.21. The molecule has 31 heavy (non-hydrogen) atoms. The van der Waals surface area contributed by atoms with Gasteiger partial charge in [0.2, 0.25) is 0 Å². The first-order valence-corrected chi connectivity index (χ1v) is 11.7. The third-order valence-electron chi connectivity index (χ3n) is 5.40. The topological polar surface area (TPSA) is 73.7 Å². The number of nitrogens with zero attached hydrogens (tertiary/aromatic N) is 3. The molecule has 3 aromatic rings. The Morgan fingerprint density at radius 3 is 1.87 bits per heavy atom. The van der Waals surface area contributed by atoms with Crippen molar-refractivity contribution >= 4 is 10.0 Å². The fourth-order valence-electron chi connectivity index (χ4n) is 3.37. The minimum Gasteiger partial charge on any atom is -0.497 e. The molecule has 0 amide bonds. The first kappa shape index (κ1) is 21.4. The molecule has 1 fully saturated rings. The summed E-state index contributed by atoms with van der Waals surface area (Å²) in [4.78, 5) is 0. The van der Waals surface area contributed by atoms with Crippen molar-refractivity contribution in [2.24, 2.45) is 5.92 Å². The molecule has 2 aromatic carbocycles. The van der Waals surface area contributed by atoms with Gasteiger partial charge in [-0.15, -0.1) is 0 Å². The van der Waals surface area contributed by atoms with Crippen LogP contribution in [-0.2, 0) is 29.7 Å². The van der Waals surface area contributed by atoms with E-state index in [1.807, 2.05) is 48.5 Å². The maximum Gasteiger partial charge on any atom is 0.262 e. The van der Waals surface area contributed by atoms with Crippen LogP contribution in [0.2, 0.25) is 0 Å². The molecule has 4 rings (SSSR count). The Morgan fingerprint density at radius 1 is 0.903 bits per heavy atom. The van der Waals surface area contributed by atoms with E-state index in [9.17, 15) is 8.42 Å². The molecule has 1 aliphatic rings. The van der Waals surface area contributed by atoms with Gasteiger partial charge < -0.3 is 9.47 Å². The lowest BCUT2D eigenvalue weighted by atomic mass is 10.2. The summed E-state index contributed by atoms with van der Waals surface area (Å²) in [5.74, 6) is 2.07. The van der Waals surface area contributed by atoms with E-state index in [0.29, 0.717) is 5.92 Å². The van der Waals surface area contributed by atoms with E-state index in [1.54, 1.807) is 31.2 Å². The van der Waals surface area contributed by atoms with E-state index < -0.39 is 10.0 Å². The zero-order valence-corrected chi connectivity index (χ0v) is 18.6. The highest BCUT2D eigenvalue weighted by atomic mass is 32.2. The molecule has 0 unspecified atom stereocenters. The van der Waals surface area contributed by atoms with Gasteiger partial charge in [0.15, 0.2) is 5.03 Å². The quantitative estimate of drug-likeness (QED) is 0.480. The van der Waals surface area contributed by atoms with Gasteiger partial charge in [0, 0.05) is 25.8 Å². The van der Waals surface area contributed by atoms with Gasteiger partial charge in [0.05, 0.1) is 14.2 Å². The van der Waals surface area contributed by atoms with Crippen LogP contribution >= 0.6 is 0 Å². The molecule has 1 heterocycles. The van der Waals surface area contributed by atoms with E-state index >= 15 is 0 Å². The highest BCUT2D eigenvalue weighted by Crippen LogP contribution is 2.30. The first-order chi connectivity index (χ1) is 15.0. The largest absolute Gasteiger partial charge is 0.497 e. The Balaban J connectivity index is 1.60. The van der Waals surface area contributed by atoms with Gasteiger partial charge in [-0.05, 0) is 60.2 Å². The fraction of sp³-hybridized carbons (Fsp3) is 0.348. The molecule has 0 N–H and O–H groups in total. The van der Waals surface area contributed by atoms with Crippen molar-refractivity contribution in [1.82, 2.24) is 14.1 Å². The van der Waals surface area contributed by atoms with Crippen LogP contribution in [0.25, 0.3) is 0 Å². The lowest BCUT2D eigenvalue weighted by molar-refractivity contribution is 0.394. The molecule has 1 aromatic heterocycles. The summed E-state index contributed by atoms with van der Waals surface area (Å²) in [5, 5.41) is 4.45. The zero-order valence-electron chi connectivity index (χ0n) is 17.8. The minimum absolute atomic E-state index is 0.0789. The van der Waals surface area contributed by atoms with Crippen LogP contribution < -0.4 is 9.47 Å². The number of ether oxygens (including phenoxy) is 2. The van der Waals surface area contributed by atoms with Crippen LogP contribution in [0, 0.1) is 5.92 Å². The molecule has 0 radical (unpaired) electrons. The summed E-state index contributed by atoms with van der Waals surface area (Å²) in [6.45, 7) is 1.23. The average Bonchev–Trinajstić information content (AvgIpc) is 3.47. The lowest BCUT2D eigenvalue weighted by Crippen LogP contribution is -2.30. The Morgan fingerprint density at radius 2 is 1.42 bits per heavy atom. The number of rotatable bonds is 10. The van der Waals surface area contributed by atoms with Crippen LogP contribution in [0.15, 0.2) is 65.8 Å². The maximum absolute atomic E-state index is 13.5. The number of hydrogen-bond donors (Lipinski definition) is 0. The smallest absolute Gasteiger partial charge is 0.262 e. The monoisotopic (exact) mass is 441 g/mol. The average molecular weight is 442 g/mol. The van der Waals surface area contributed by atoms with E-state index in [4.69, 9.17) is 9.47 Å². The van der Waals surface area contributed by atoms with Crippen molar-refractivity contribution < 1.29 is 17.9 Å². The van der Waals surface area contributed by atoms with E-state index in [1.165, 1.54) is 17.1 Å². The number of hydrogen-bond acceptors (Lipinski definition) is 5. The molecule has 0 aliphatic heterocycles. The summed E-state index contributed by atoms with van der Waals surface area (Å²) < 4.78 is 40.6. The molecule has 1 aliphatic carbocycles. The van der Waals surface area contributed by atoms with Crippen LogP contribution in [0.5, 0.6) is 11.5 Å². The highest BCUT2D eigenvalue weighted by Gasteiger charge is 2.29. The highest BCUT2D eigenvalue weighted by molar-refractivity contribution is 7.89. The number of methoxy groups -OCH3 is 2. The summed E-state index contributed by atoms with van der Waals surface area (Å²) in [6, 6.07) is 16.4. The molecule has 0 saturated heterocycles. The SMILES string of the molecule is COc1ccc(CN(Cc2ccc(OC)cc2)S(=O)(=O)c2ccn(CC3CC3)n2)cc1. The third kappa shape index (κ3) is 5.26. The maximum atomic E-state index is 13.5. The van der Waals surface area contributed by atoms with E-state index in [-0.39, 0.29) is 18.1 Å². The number of aromatic nitrogens is 2. The van der Waals surface area contributed by atoms with E-state index in [0.717, 1.165) is 29.2 Å². The molecule has 8 heteroatoms. The van der Waals surface area contributed by atoms with Crippen molar-refractivity contribution in [3.05, 3.63) is 71.9 Å². The molecule has 7 nitrogen and oxygen atoms in total. The van der Waals surface area contributed by atoms with Crippen LogP contribution in [0.4, 0.5) is 0 Å². The summed E-state index contributed by atoms with van der Waals surface area (Å²) in [5.41, 5.74) is 1.74. The van der Waals surface area contributed by atoms with Gasteiger partial charge in [-0.1, -0.05) is 24.3 Å². The summed E-state index contributed by atoms with van der Waals surface area (Å²) >= 11 is 0. The number of sulfonamides is 1. The minimum atomic E-state index is -3.78. The Hall–Kier alpha value is -2.84. The van der Waals surface area contributed by atoms with Crippen molar-refractivity contribution in [1.29, 1.82) is 0 Å². The Labute approximate surface area is 183 Å². The predicted octanol–water partition coefficient (Wildman–Crippen LogP) is 3.70. The Bertz CT molecular complexity index is 1050. The second-order valence-electron chi connectivity index (χ2n) is 7.79. The summed E-state index contributed by atoms with van der Waals surface area (Å²) in [7, 11) is -0.575. The first-order valence-electron chi connectivity index (χ1n) is 10.3. The standard InChI is InChI=1S/C23H27N3O4S/c1-29-21-9-5-19(6-10-21)16-26(17-20-7-11-22(30-2)12-8-20)31(27,28)23-13-14-25(24-23)15-18-3-4-18/h5-14,18H,3-4,15-17H2,1-2H3. The number of benzene rings is 2. The van der Waals surface area contributed by atoms with Gasteiger partial charge in [-0.2, -0.15) is 9.40 Å². The van der Waals surface area contributed by atoms with Crippen LogP contribution in [0.3, 0.4) is 0 Å². The van der Waals surface area contributed by atoms with Crippen LogP contribution in [0.1, 0.15) is 24.0 Å². The van der Waals surface area contributed by atoms with Gasteiger partial charge in [0.1, 0.15) is 11.5 Å². The van der Waals surface area contributed by atoms with Crippen molar-refractivity contribution in [2.45, 2.75) is 37.5 Å². The molecular weight excluding hydrogens is 414 g/mol.